The topological polar surface area (TPSA) is 93.5 Å². The zero-order valence-electron chi connectivity index (χ0n) is 13.0. The van der Waals surface area contributed by atoms with Gasteiger partial charge in [-0.2, -0.15) is 0 Å². The van der Waals surface area contributed by atoms with Crippen molar-refractivity contribution >= 4 is 12.0 Å². The molecule has 112 valence electrons. The Bertz CT molecular complexity index is 338. The van der Waals surface area contributed by atoms with E-state index in [0.29, 0.717) is 0 Å². The van der Waals surface area contributed by atoms with Crippen molar-refractivity contribution < 1.29 is 14.3 Å². The number of ether oxygens (including phenoxy) is 1. The molecule has 0 aliphatic rings. The first-order valence-electron chi connectivity index (χ1n) is 6.31. The number of amides is 2. The molecule has 19 heavy (non-hydrogen) atoms. The summed E-state index contributed by atoms with van der Waals surface area (Å²) in [5.41, 5.74) is 3.55. The number of carbonyl (C=O) groups is 2. The van der Waals surface area contributed by atoms with Gasteiger partial charge in [-0.05, 0) is 48.5 Å². The van der Waals surface area contributed by atoms with Crippen molar-refractivity contribution in [2.75, 3.05) is 6.54 Å². The molecule has 0 aliphatic heterocycles. The summed E-state index contributed by atoms with van der Waals surface area (Å²) >= 11 is 0. The fraction of sp³-hybridized carbons (Fsp3) is 0.846. The predicted molar refractivity (Wildman–Crippen MR) is 74.7 cm³/mol. The van der Waals surface area contributed by atoms with E-state index in [2.05, 4.69) is 10.6 Å². The van der Waals surface area contributed by atoms with Gasteiger partial charge in [-0.25, -0.2) is 4.79 Å². The lowest BCUT2D eigenvalue weighted by Gasteiger charge is -2.30. The van der Waals surface area contributed by atoms with E-state index in [0.717, 1.165) is 0 Å². The highest BCUT2D eigenvalue weighted by atomic mass is 16.6. The number of nitrogens with one attached hydrogen (secondary N) is 2. The monoisotopic (exact) mass is 273 g/mol. The van der Waals surface area contributed by atoms with Crippen LogP contribution in [0.25, 0.3) is 0 Å². The number of hydrogen-bond donors (Lipinski definition) is 3. The average Bonchev–Trinajstić information content (AvgIpc) is 2.08. The molecule has 0 bridgehead atoms. The molecule has 0 fully saturated rings. The van der Waals surface area contributed by atoms with E-state index in [1.54, 1.807) is 48.5 Å². The Labute approximate surface area is 115 Å². The molecule has 6 nitrogen and oxygen atoms in total. The van der Waals surface area contributed by atoms with Crippen LogP contribution in [0.4, 0.5) is 4.79 Å². The van der Waals surface area contributed by atoms with E-state index in [1.165, 1.54) is 0 Å². The van der Waals surface area contributed by atoms with Crippen LogP contribution in [0.5, 0.6) is 0 Å². The van der Waals surface area contributed by atoms with Gasteiger partial charge < -0.3 is 21.1 Å². The van der Waals surface area contributed by atoms with Crippen LogP contribution in [0.2, 0.25) is 0 Å². The van der Waals surface area contributed by atoms with E-state index >= 15 is 0 Å². The first kappa shape index (κ1) is 17.7. The minimum Gasteiger partial charge on any atom is -0.444 e. The van der Waals surface area contributed by atoms with Crippen LogP contribution in [0, 0.1) is 0 Å². The molecule has 0 aromatic rings. The van der Waals surface area contributed by atoms with E-state index < -0.39 is 22.8 Å². The minimum absolute atomic E-state index is 0.270. The SMILES string of the molecule is CC(C)(CNC(=O)C(C)(C)N)NC(=O)OC(C)(C)C. The highest BCUT2D eigenvalue weighted by Gasteiger charge is 2.27. The highest BCUT2D eigenvalue weighted by molar-refractivity contribution is 5.85. The number of carbonyl (C=O) groups excluding carboxylic acids is 2. The third-order valence-corrected chi connectivity index (χ3v) is 2.12. The third kappa shape index (κ3) is 8.42. The van der Waals surface area contributed by atoms with E-state index in [-0.39, 0.29) is 12.5 Å². The van der Waals surface area contributed by atoms with Crippen LogP contribution in [-0.4, -0.2) is 35.2 Å². The predicted octanol–water partition coefficient (Wildman–Crippen LogP) is 1.14. The number of nitrogens with two attached hydrogens (primary N) is 1. The minimum atomic E-state index is -0.942. The molecule has 0 radical (unpaired) electrons. The Morgan fingerprint density at radius 1 is 1.05 bits per heavy atom. The van der Waals surface area contributed by atoms with Crippen molar-refractivity contribution in [2.24, 2.45) is 5.73 Å². The lowest BCUT2D eigenvalue weighted by atomic mass is 10.0. The highest BCUT2D eigenvalue weighted by Crippen LogP contribution is 2.09. The molecule has 0 unspecified atom stereocenters. The molecule has 0 aromatic carbocycles. The Hall–Kier alpha value is -1.30. The lowest BCUT2D eigenvalue weighted by Crippen LogP contribution is -2.56. The zero-order valence-corrected chi connectivity index (χ0v) is 13.0. The molecule has 0 aromatic heterocycles. The van der Waals surface area contributed by atoms with Crippen LogP contribution in [-0.2, 0) is 9.53 Å². The first-order valence-corrected chi connectivity index (χ1v) is 6.31. The quantitative estimate of drug-likeness (QED) is 0.716. The fourth-order valence-corrected chi connectivity index (χ4v) is 1.15. The van der Waals surface area contributed by atoms with Gasteiger partial charge in [0.1, 0.15) is 5.60 Å². The second kappa shape index (κ2) is 5.77. The van der Waals surface area contributed by atoms with Gasteiger partial charge in [0.05, 0.1) is 11.1 Å². The maximum absolute atomic E-state index is 11.6. The number of alkyl carbamates (subject to hydrolysis) is 1. The third-order valence-electron chi connectivity index (χ3n) is 2.12. The molecule has 6 heteroatoms. The van der Waals surface area contributed by atoms with Crippen LogP contribution in [0.3, 0.4) is 0 Å². The summed E-state index contributed by atoms with van der Waals surface area (Å²) < 4.78 is 5.16. The maximum Gasteiger partial charge on any atom is 0.408 e. The van der Waals surface area contributed by atoms with Crippen molar-refractivity contribution in [1.29, 1.82) is 0 Å². The zero-order chi connectivity index (χ0) is 15.5. The van der Waals surface area contributed by atoms with Gasteiger partial charge in [-0.3, -0.25) is 4.79 Å². The standard InChI is InChI=1S/C13H27N3O3/c1-11(2,3)19-10(18)16-12(4,5)8-15-9(17)13(6,7)14/h8,14H2,1-7H3,(H,15,17)(H,16,18). The van der Waals surface area contributed by atoms with Gasteiger partial charge in [0.25, 0.3) is 0 Å². The molecule has 2 amide bonds. The molecular formula is C13H27N3O3. The molecule has 0 atom stereocenters. The molecule has 0 saturated carbocycles. The van der Waals surface area contributed by atoms with E-state index in [4.69, 9.17) is 10.5 Å². The van der Waals surface area contributed by atoms with Gasteiger partial charge in [-0.15, -0.1) is 0 Å². The van der Waals surface area contributed by atoms with E-state index in [1.807, 2.05) is 0 Å². The molecule has 4 N–H and O–H groups in total. The summed E-state index contributed by atoms with van der Waals surface area (Å²) in [6.07, 6.45) is -0.515. The van der Waals surface area contributed by atoms with Crippen molar-refractivity contribution in [1.82, 2.24) is 10.6 Å². The van der Waals surface area contributed by atoms with Crippen molar-refractivity contribution in [3.05, 3.63) is 0 Å². The summed E-state index contributed by atoms with van der Waals surface area (Å²) in [6.45, 7) is 12.5. The normalized spacial score (nSPS) is 12.8. The van der Waals surface area contributed by atoms with Crippen molar-refractivity contribution in [2.45, 2.75) is 65.1 Å². The maximum atomic E-state index is 11.6. The number of hydrogen-bond acceptors (Lipinski definition) is 4. The Morgan fingerprint density at radius 2 is 1.53 bits per heavy atom. The summed E-state index contributed by atoms with van der Waals surface area (Å²) in [5, 5.41) is 5.40. The Kier molecular flexibility index (Phi) is 5.38. The van der Waals surface area contributed by atoms with Crippen molar-refractivity contribution in [3.63, 3.8) is 0 Å². The summed E-state index contributed by atoms with van der Waals surface area (Å²) in [5.74, 6) is -0.272. The lowest BCUT2D eigenvalue weighted by molar-refractivity contribution is -0.125. The summed E-state index contributed by atoms with van der Waals surface area (Å²) in [6, 6.07) is 0. The van der Waals surface area contributed by atoms with Gasteiger partial charge in [0.15, 0.2) is 0 Å². The van der Waals surface area contributed by atoms with Crippen molar-refractivity contribution in [3.8, 4) is 0 Å². The Morgan fingerprint density at radius 3 is 1.89 bits per heavy atom. The summed E-state index contributed by atoms with van der Waals surface area (Å²) in [4.78, 5) is 23.3. The van der Waals surface area contributed by atoms with Gasteiger partial charge in [0.2, 0.25) is 5.91 Å². The molecule has 0 spiro atoms. The second-order valence-electron chi connectivity index (χ2n) is 6.92. The van der Waals surface area contributed by atoms with Gasteiger partial charge in [-0.1, -0.05) is 0 Å². The molecular weight excluding hydrogens is 246 g/mol. The smallest absolute Gasteiger partial charge is 0.408 e. The average molecular weight is 273 g/mol. The van der Waals surface area contributed by atoms with Gasteiger partial charge in [0, 0.05) is 6.54 Å². The Balaban J connectivity index is 4.34. The van der Waals surface area contributed by atoms with Crippen LogP contribution < -0.4 is 16.4 Å². The summed E-state index contributed by atoms with van der Waals surface area (Å²) in [7, 11) is 0. The molecule has 0 heterocycles. The molecule has 0 rings (SSSR count). The van der Waals surface area contributed by atoms with E-state index in [9.17, 15) is 9.59 Å². The van der Waals surface area contributed by atoms with Crippen LogP contribution in [0.1, 0.15) is 48.5 Å². The first-order chi connectivity index (χ1) is 8.23. The van der Waals surface area contributed by atoms with Gasteiger partial charge >= 0.3 is 6.09 Å². The van der Waals surface area contributed by atoms with Crippen LogP contribution in [0.15, 0.2) is 0 Å². The molecule has 0 saturated heterocycles. The largest absolute Gasteiger partial charge is 0.444 e. The van der Waals surface area contributed by atoms with Crippen LogP contribution >= 0.6 is 0 Å². The second-order valence-corrected chi connectivity index (χ2v) is 6.92. The fourth-order valence-electron chi connectivity index (χ4n) is 1.15. The molecule has 0 aliphatic carbocycles. The number of rotatable bonds is 4.